The molecule has 0 N–H and O–H groups in total. The average Bonchev–Trinajstić information content (AvgIpc) is 3.11. The topological polar surface area (TPSA) is 28.7 Å². The Bertz CT molecular complexity index is 1140. The van der Waals surface area contributed by atoms with Crippen LogP contribution in [0.5, 0.6) is 0 Å². The number of para-hydroxylation sites is 1. The maximum Gasteiger partial charge on any atom is 0.100 e. The molecule has 3 aromatic carbocycles. The van der Waals surface area contributed by atoms with Crippen LogP contribution in [0.15, 0.2) is 91.1 Å². The van der Waals surface area contributed by atoms with Crippen LogP contribution in [-0.4, -0.2) is 4.57 Å². The van der Waals surface area contributed by atoms with Gasteiger partial charge in [-0.05, 0) is 24.1 Å². The van der Waals surface area contributed by atoms with E-state index in [-0.39, 0.29) is 0 Å². The second kappa shape index (κ2) is 7.35. The summed E-state index contributed by atoms with van der Waals surface area (Å²) in [6.07, 6.45) is 2.17. The Morgan fingerprint density at radius 3 is 2.04 bits per heavy atom. The summed E-state index contributed by atoms with van der Waals surface area (Å²) in [5.74, 6) is 0. The Labute approximate surface area is 159 Å². The molecule has 0 aliphatic rings. The fraction of sp³-hybridized carbons (Fsp3) is 0.0800. The van der Waals surface area contributed by atoms with Crippen molar-refractivity contribution < 1.29 is 0 Å². The second-order valence-corrected chi connectivity index (χ2v) is 6.44. The minimum Gasteiger partial charge on any atom is -0.347 e. The molecule has 0 unspecified atom stereocenters. The van der Waals surface area contributed by atoms with Crippen LogP contribution >= 0.6 is 0 Å². The Hall–Kier alpha value is -3.57. The molecule has 0 radical (unpaired) electrons. The predicted octanol–water partition coefficient (Wildman–Crippen LogP) is 6.14. The highest BCUT2D eigenvalue weighted by Crippen LogP contribution is 2.36. The highest BCUT2D eigenvalue weighted by molar-refractivity contribution is 6.09. The lowest BCUT2D eigenvalue weighted by atomic mass is 9.90. The van der Waals surface area contributed by atoms with Crippen LogP contribution in [0.4, 0.5) is 0 Å². The standard InChI is InChI=1S/C25H20N2/c1-2-27-18-23(21-15-9-10-16-24(21)27)25(20-13-7-4-8-14-20)22(17-26)19-11-5-3-6-12-19/h3-16,18H,2H2,1H3/b25-22+. The Morgan fingerprint density at radius 2 is 1.41 bits per heavy atom. The molecule has 4 aromatic rings. The first-order chi connectivity index (χ1) is 13.3. The van der Waals surface area contributed by atoms with Crippen molar-refractivity contribution in [3.63, 3.8) is 0 Å². The number of hydrogen-bond donors (Lipinski definition) is 0. The summed E-state index contributed by atoms with van der Waals surface area (Å²) >= 11 is 0. The van der Waals surface area contributed by atoms with Gasteiger partial charge in [0.2, 0.25) is 0 Å². The van der Waals surface area contributed by atoms with Crippen molar-refractivity contribution in [2.24, 2.45) is 0 Å². The molecule has 4 rings (SSSR count). The zero-order valence-electron chi connectivity index (χ0n) is 15.3. The highest BCUT2D eigenvalue weighted by Gasteiger charge is 2.18. The zero-order valence-corrected chi connectivity index (χ0v) is 15.3. The SMILES string of the molecule is CCn1cc(/C(=C(\C#N)c2ccccc2)c2ccccc2)c2ccccc21. The first-order valence-corrected chi connectivity index (χ1v) is 9.17. The summed E-state index contributed by atoms with van der Waals surface area (Å²) in [5, 5.41) is 11.3. The normalized spacial score (nSPS) is 11.9. The zero-order chi connectivity index (χ0) is 18.6. The van der Waals surface area contributed by atoms with Crippen molar-refractivity contribution in [2.45, 2.75) is 13.5 Å². The lowest BCUT2D eigenvalue weighted by molar-refractivity contribution is 0.797. The van der Waals surface area contributed by atoms with Crippen molar-refractivity contribution >= 4 is 22.0 Å². The third-order valence-corrected chi connectivity index (χ3v) is 4.89. The van der Waals surface area contributed by atoms with Crippen LogP contribution in [0, 0.1) is 11.3 Å². The van der Waals surface area contributed by atoms with Gasteiger partial charge in [0.05, 0.1) is 5.57 Å². The van der Waals surface area contributed by atoms with Crippen LogP contribution in [0.25, 0.3) is 22.0 Å². The number of nitriles is 1. The van der Waals surface area contributed by atoms with E-state index < -0.39 is 0 Å². The van der Waals surface area contributed by atoms with E-state index in [1.54, 1.807) is 0 Å². The Morgan fingerprint density at radius 1 is 0.815 bits per heavy atom. The van der Waals surface area contributed by atoms with Crippen molar-refractivity contribution in [1.82, 2.24) is 4.57 Å². The maximum atomic E-state index is 10.1. The summed E-state index contributed by atoms with van der Waals surface area (Å²) in [6, 6.07) is 31.0. The van der Waals surface area contributed by atoms with E-state index in [2.05, 4.69) is 60.2 Å². The average molecular weight is 348 g/mol. The largest absolute Gasteiger partial charge is 0.347 e. The fourth-order valence-corrected chi connectivity index (χ4v) is 3.62. The van der Waals surface area contributed by atoms with E-state index in [1.165, 1.54) is 10.9 Å². The molecule has 0 amide bonds. The van der Waals surface area contributed by atoms with Crippen molar-refractivity contribution in [2.75, 3.05) is 0 Å². The molecule has 0 saturated carbocycles. The van der Waals surface area contributed by atoms with Gasteiger partial charge in [0.15, 0.2) is 0 Å². The van der Waals surface area contributed by atoms with Crippen LogP contribution in [0.3, 0.4) is 0 Å². The number of aryl methyl sites for hydroxylation is 1. The first-order valence-electron chi connectivity index (χ1n) is 9.17. The molecule has 0 aliphatic carbocycles. The number of nitrogens with zero attached hydrogens (tertiary/aromatic N) is 2. The van der Waals surface area contributed by atoms with Crippen LogP contribution in [0.2, 0.25) is 0 Å². The van der Waals surface area contributed by atoms with Crippen LogP contribution < -0.4 is 0 Å². The molecule has 0 bridgehead atoms. The first kappa shape index (κ1) is 16.9. The molecular formula is C25H20N2. The predicted molar refractivity (Wildman–Crippen MR) is 112 cm³/mol. The van der Waals surface area contributed by atoms with Gasteiger partial charge in [-0.2, -0.15) is 5.26 Å². The van der Waals surface area contributed by atoms with Gasteiger partial charge in [0.1, 0.15) is 6.07 Å². The molecule has 27 heavy (non-hydrogen) atoms. The molecule has 0 spiro atoms. The van der Waals surface area contributed by atoms with E-state index in [1.807, 2.05) is 48.5 Å². The second-order valence-electron chi connectivity index (χ2n) is 6.44. The number of allylic oxidation sites excluding steroid dienone is 1. The van der Waals surface area contributed by atoms with E-state index in [4.69, 9.17) is 0 Å². The molecule has 1 heterocycles. The molecular weight excluding hydrogens is 328 g/mol. The van der Waals surface area contributed by atoms with Gasteiger partial charge in [-0.3, -0.25) is 0 Å². The van der Waals surface area contributed by atoms with Gasteiger partial charge < -0.3 is 4.57 Å². The molecule has 0 saturated heterocycles. The summed E-state index contributed by atoms with van der Waals surface area (Å²) in [7, 11) is 0. The molecule has 0 aliphatic heterocycles. The van der Waals surface area contributed by atoms with Crippen molar-refractivity contribution in [3.8, 4) is 6.07 Å². The van der Waals surface area contributed by atoms with Gasteiger partial charge in [-0.15, -0.1) is 0 Å². The lowest BCUT2D eigenvalue weighted by Crippen LogP contribution is -1.94. The third kappa shape index (κ3) is 3.05. The van der Waals surface area contributed by atoms with Crippen LogP contribution in [0.1, 0.15) is 23.6 Å². The fourth-order valence-electron chi connectivity index (χ4n) is 3.62. The lowest BCUT2D eigenvalue weighted by Gasteiger charge is -2.11. The molecule has 130 valence electrons. The Kier molecular flexibility index (Phi) is 4.60. The summed E-state index contributed by atoms with van der Waals surface area (Å²) in [4.78, 5) is 0. The highest BCUT2D eigenvalue weighted by atomic mass is 14.9. The van der Waals surface area contributed by atoms with E-state index >= 15 is 0 Å². The van der Waals surface area contributed by atoms with E-state index in [0.29, 0.717) is 5.57 Å². The minimum atomic E-state index is 0.695. The Balaban J connectivity index is 2.10. The smallest absolute Gasteiger partial charge is 0.100 e. The summed E-state index contributed by atoms with van der Waals surface area (Å²) in [5.41, 5.74) is 5.95. The maximum absolute atomic E-state index is 10.1. The van der Waals surface area contributed by atoms with E-state index in [0.717, 1.165) is 28.8 Å². The third-order valence-electron chi connectivity index (χ3n) is 4.89. The number of aromatic nitrogens is 1. The van der Waals surface area contributed by atoms with Crippen molar-refractivity contribution in [3.05, 3.63) is 108 Å². The van der Waals surface area contributed by atoms with Crippen LogP contribution in [-0.2, 0) is 6.54 Å². The number of fused-ring (bicyclic) bond motifs is 1. The monoisotopic (exact) mass is 348 g/mol. The molecule has 2 heteroatoms. The van der Waals surface area contributed by atoms with Gasteiger partial charge in [0, 0.05) is 34.8 Å². The summed E-state index contributed by atoms with van der Waals surface area (Å²) < 4.78 is 2.24. The van der Waals surface area contributed by atoms with Gasteiger partial charge >= 0.3 is 0 Å². The van der Waals surface area contributed by atoms with Crippen molar-refractivity contribution in [1.29, 1.82) is 5.26 Å². The van der Waals surface area contributed by atoms with Gasteiger partial charge in [0.25, 0.3) is 0 Å². The molecule has 0 fully saturated rings. The number of benzene rings is 3. The number of hydrogen-bond acceptors (Lipinski definition) is 1. The molecule has 0 atom stereocenters. The number of rotatable bonds is 4. The van der Waals surface area contributed by atoms with Gasteiger partial charge in [-0.1, -0.05) is 78.9 Å². The molecule has 1 aromatic heterocycles. The van der Waals surface area contributed by atoms with Gasteiger partial charge in [-0.25, -0.2) is 0 Å². The summed E-state index contributed by atoms with van der Waals surface area (Å²) in [6.45, 7) is 3.03. The molecule has 2 nitrogen and oxygen atoms in total. The minimum absolute atomic E-state index is 0.695. The van der Waals surface area contributed by atoms with E-state index in [9.17, 15) is 5.26 Å². The quantitative estimate of drug-likeness (QED) is 0.321.